The summed E-state index contributed by atoms with van der Waals surface area (Å²) in [5.74, 6) is 0.857. The third-order valence-electron chi connectivity index (χ3n) is 5.44. The zero-order valence-electron chi connectivity index (χ0n) is 18.7. The number of carbonyl (C=O) groups is 1. The summed E-state index contributed by atoms with van der Waals surface area (Å²) in [7, 11) is 0. The maximum Gasteiger partial charge on any atom is 0.251 e. The Balaban J connectivity index is 1.38. The number of rotatable bonds is 13. The van der Waals surface area contributed by atoms with E-state index in [2.05, 4.69) is 40.5 Å². The molecule has 5 nitrogen and oxygen atoms in total. The molecule has 2 N–H and O–H groups in total. The van der Waals surface area contributed by atoms with Crippen LogP contribution in [-0.2, 0) is 6.54 Å². The summed E-state index contributed by atoms with van der Waals surface area (Å²) in [5, 5.41) is 7.49. The number of amides is 1. The minimum Gasteiger partial charge on any atom is -0.365 e. The number of unbranched alkanes of at least 4 members (excludes halogenated alkanes) is 7. The van der Waals surface area contributed by atoms with Crippen molar-refractivity contribution in [2.24, 2.45) is 0 Å². The van der Waals surface area contributed by atoms with Crippen molar-refractivity contribution in [2.75, 3.05) is 11.9 Å². The molecule has 0 radical (unpaired) electrons. The average Bonchev–Trinajstić information content (AvgIpc) is 3.17. The highest BCUT2D eigenvalue weighted by Gasteiger charge is 2.08. The molecule has 0 saturated carbocycles. The van der Waals surface area contributed by atoms with E-state index in [1.165, 1.54) is 49.8 Å². The van der Waals surface area contributed by atoms with Gasteiger partial charge < -0.3 is 10.6 Å². The number of hydrogen-bond acceptors (Lipinski definition) is 5. The van der Waals surface area contributed by atoms with Crippen LogP contribution in [0.15, 0.2) is 36.7 Å². The Bertz CT molecular complexity index is 952. The predicted octanol–water partition coefficient (Wildman–Crippen LogP) is 6.48. The van der Waals surface area contributed by atoms with Crippen LogP contribution in [0.3, 0.4) is 0 Å². The zero-order valence-corrected chi connectivity index (χ0v) is 19.6. The maximum atomic E-state index is 12.3. The lowest BCUT2D eigenvalue weighted by Gasteiger charge is -2.08. The van der Waals surface area contributed by atoms with Crippen LogP contribution in [0.25, 0.3) is 10.2 Å². The summed E-state index contributed by atoms with van der Waals surface area (Å²) in [4.78, 5) is 23.3. The molecular formula is C25H34N4OS. The SMILES string of the molecule is CCCCCCCCCCNC(=O)c1ccc(CNc2ncnc3sc(C)cc23)cc1. The molecule has 3 aromatic rings. The molecule has 166 valence electrons. The van der Waals surface area contributed by atoms with Gasteiger partial charge in [-0.25, -0.2) is 9.97 Å². The molecule has 31 heavy (non-hydrogen) atoms. The van der Waals surface area contributed by atoms with Gasteiger partial charge >= 0.3 is 0 Å². The van der Waals surface area contributed by atoms with E-state index in [0.29, 0.717) is 12.1 Å². The van der Waals surface area contributed by atoms with E-state index in [-0.39, 0.29) is 5.91 Å². The number of hydrogen-bond donors (Lipinski definition) is 2. The Kier molecular flexibility index (Phi) is 9.28. The number of nitrogens with zero attached hydrogens (tertiary/aromatic N) is 2. The Hall–Kier alpha value is -2.47. The highest BCUT2D eigenvalue weighted by molar-refractivity contribution is 7.18. The quantitative estimate of drug-likeness (QED) is 0.300. The van der Waals surface area contributed by atoms with Gasteiger partial charge in [-0.05, 0) is 37.1 Å². The van der Waals surface area contributed by atoms with Gasteiger partial charge in [0.1, 0.15) is 17.0 Å². The number of fused-ring (bicyclic) bond motifs is 1. The monoisotopic (exact) mass is 438 g/mol. The summed E-state index contributed by atoms with van der Waals surface area (Å²) in [6.45, 7) is 5.73. The predicted molar refractivity (Wildman–Crippen MR) is 131 cm³/mol. The molecule has 6 heteroatoms. The van der Waals surface area contributed by atoms with Crippen molar-refractivity contribution in [3.8, 4) is 0 Å². The molecule has 0 spiro atoms. The zero-order chi connectivity index (χ0) is 21.9. The summed E-state index contributed by atoms with van der Waals surface area (Å²) in [6, 6.07) is 9.89. The molecule has 0 aliphatic carbocycles. The Morgan fingerprint density at radius 2 is 1.68 bits per heavy atom. The van der Waals surface area contributed by atoms with Crippen LogP contribution in [-0.4, -0.2) is 22.4 Å². The molecule has 2 aromatic heterocycles. The van der Waals surface area contributed by atoms with Crippen LogP contribution in [0.1, 0.15) is 79.1 Å². The Morgan fingerprint density at radius 3 is 2.42 bits per heavy atom. The number of anilines is 1. The van der Waals surface area contributed by atoms with Crippen molar-refractivity contribution in [3.63, 3.8) is 0 Å². The fourth-order valence-electron chi connectivity index (χ4n) is 3.64. The van der Waals surface area contributed by atoms with Crippen molar-refractivity contribution < 1.29 is 4.79 Å². The second-order valence-electron chi connectivity index (χ2n) is 8.08. The summed E-state index contributed by atoms with van der Waals surface area (Å²) < 4.78 is 0. The van der Waals surface area contributed by atoms with Crippen LogP contribution >= 0.6 is 11.3 Å². The number of aryl methyl sites for hydroxylation is 1. The van der Waals surface area contributed by atoms with Gasteiger partial charge in [-0.1, -0.05) is 64.0 Å². The number of thiophene rings is 1. The lowest BCUT2D eigenvalue weighted by atomic mass is 10.1. The standard InChI is InChI=1S/C25H34N4OS/c1-3-4-5-6-7-8-9-10-15-26-24(30)21-13-11-20(12-14-21)17-27-23-22-16-19(2)31-25(22)29-18-28-23/h11-14,16,18H,3-10,15,17H2,1-2H3,(H,26,30)(H,27,28,29). The molecule has 0 saturated heterocycles. The van der Waals surface area contributed by atoms with Crippen molar-refractivity contribution in [2.45, 2.75) is 71.8 Å². The van der Waals surface area contributed by atoms with Gasteiger partial charge in [0.25, 0.3) is 5.91 Å². The third-order valence-corrected chi connectivity index (χ3v) is 6.40. The van der Waals surface area contributed by atoms with E-state index in [4.69, 9.17) is 0 Å². The van der Waals surface area contributed by atoms with Crippen molar-refractivity contribution in [1.29, 1.82) is 0 Å². The highest BCUT2D eigenvalue weighted by atomic mass is 32.1. The van der Waals surface area contributed by atoms with Crippen molar-refractivity contribution >= 4 is 33.3 Å². The van der Waals surface area contributed by atoms with Crippen LogP contribution < -0.4 is 10.6 Å². The van der Waals surface area contributed by atoms with Crippen LogP contribution in [0, 0.1) is 6.92 Å². The maximum absolute atomic E-state index is 12.3. The Morgan fingerprint density at radius 1 is 0.968 bits per heavy atom. The first-order valence-electron chi connectivity index (χ1n) is 11.5. The summed E-state index contributed by atoms with van der Waals surface area (Å²) >= 11 is 1.67. The fourth-order valence-corrected chi connectivity index (χ4v) is 4.49. The first-order valence-corrected chi connectivity index (χ1v) is 12.3. The second kappa shape index (κ2) is 12.4. The van der Waals surface area contributed by atoms with E-state index in [1.54, 1.807) is 17.7 Å². The fraction of sp³-hybridized carbons (Fsp3) is 0.480. The van der Waals surface area contributed by atoms with Crippen LogP contribution in [0.4, 0.5) is 5.82 Å². The number of carbonyl (C=O) groups excluding carboxylic acids is 1. The number of nitrogens with one attached hydrogen (secondary N) is 2. The topological polar surface area (TPSA) is 66.9 Å². The van der Waals surface area contributed by atoms with Gasteiger partial charge in [0.2, 0.25) is 0 Å². The van der Waals surface area contributed by atoms with E-state index in [0.717, 1.165) is 34.6 Å². The smallest absolute Gasteiger partial charge is 0.251 e. The first-order chi connectivity index (χ1) is 15.2. The largest absolute Gasteiger partial charge is 0.365 e. The highest BCUT2D eigenvalue weighted by Crippen LogP contribution is 2.27. The van der Waals surface area contributed by atoms with Gasteiger partial charge in [0.15, 0.2) is 0 Å². The van der Waals surface area contributed by atoms with Gasteiger partial charge in [-0.15, -0.1) is 11.3 Å². The molecule has 0 unspecified atom stereocenters. The molecule has 0 atom stereocenters. The van der Waals surface area contributed by atoms with Gasteiger partial charge in [0, 0.05) is 23.5 Å². The first kappa shape index (κ1) is 23.2. The molecular weight excluding hydrogens is 404 g/mol. The second-order valence-corrected chi connectivity index (χ2v) is 9.31. The molecule has 1 amide bonds. The lowest BCUT2D eigenvalue weighted by molar-refractivity contribution is 0.0953. The summed E-state index contributed by atoms with van der Waals surface area (Å²) in [5.41, 5.74) is 1.82. The summed E-state index contributed by atoms with van der Waals surface area (Å²) in [6.07, 6.45) is 11.8. The normalized spacial score (nSPS) is 11.0. The molecule has 0 bridgehead atoms. The van der Waals surface area contributed by atoms with Gasteiger partial charge in [-0.2, -0.15) is 0 Å². The average molecular weight is 439 g/mol. The van der Waals surface area contributed by atoms with Crippen molar-refractivity contribution in [1.82, 2.24) is 15.3 Å². The van der Waals surface area contributed by atoms with E-state index in [9.17, 15) is 4.79 Å². The van der Waals surface area contributed by atoms with E-state index in [1.807, 2.05) is 24.3 Å². The lowest BCUT2D eigenvalue weighted by Crippen LogP contribution is -2.24. The molecule has 0 aliphatic heterocycles. The molecule has 0 fully saturated rings. The molecule has 3 rings (SSSR count). The molecule has 1 aromatic carbocycles. The number of benzene rings is 1. The van der Waals surface area contributed by atoms with Crippen molar-refractivity contribution in [3.05, 3.63) is 52.7 Å². The van der Waals surface area contributed by atoms with Gasteiger partial charge in [-0.3, -0.25) is 4.79 Å². The number of aromatic nitrogens is 2. The minimum atomic E-state index is 0.00807. The van der Waals surface area contributed by atoms with E-state index < -0.39 is 0 Å². The third kappa shape index (κ3) is 7.31. The molecule has 2 heterocycles. The molecule has 0 aliphatic rings. The minimum absolute atomic E-state index is 0.00807. The van der Waals surface area contributed by atoms with Crippen LogP contribution in [0.5, 0.6) is 0 Å². The van der Waals surface area contributed by atoms with Gasteiger partial charge in [0.05, 0.1) is 5.39 Å². The van der Waals surface area contributed by atoms with Crippen LogP contribution in [0.2, 0.25) is 0 Å². The van der Waals surface area contributed by atoms with E-state index >= 15 is 0 Å². The Labute approximate surface area is 189 Å².